The molecule has 1 unspecified atom stereocenters. The van der Waals surface area contributed by atoms with E-state index in [1.165, 1.54) is 0 Å². The van der Waals surface area contributed by atoms with E-state index < -0.39 is 62.0 Å². The second-order valence-corrected chi connectivity index (χ2v) is 12.4. The van der Waals surface area contributed by atoms with E-state index >= 15 is 0 Å². The Balaban J connectivity index is 1.68. The molecule has 216 valence electrons. The van der Waals surface area contributed by atoms with Gasteiger partial charge in [0.2, 0.25) is 0 Å². The van der Waals surface area contributed by atoms with E-state index in [0.29, 0.717) is 0 Å². The topological polar surface area (TPSA) is 169 Å². The smallest absolute Gasteiger partial charge is 0.395 e. The molecule has 0 radical (unpaired) electrons. The molecule has 39 heavy (non-hydrogen) atoms. The molecule has 0 spiro atoms. The van der Waals surface area contributed by atoms with Crippen molar-refractivity contribution in [3.63, 3.8) is 0 Å². The summed E-state index contributed by atoms with van der Waals surface area (Å²) in [6.45, 7) is 1.36. The van der Waals surface area contributed by atoms with Crippen molar-refractivity contribution in [2.24, 2.45) is 11.3 Å². The second kappa shape index (κ2) is 14.0. The molecular weight excluding hydrogens is 556 g/mol. The largest absolute Gasteiger partial charge is 0.405 e. The Hall–Kier alpha value is -2.16. The van der Waals surface area contributed by atoms with Crippen molar-refractivity contribution in [1.29, 1.82) is 0 Å². The summed E-state index contributed by atoms with van der Waals surface area (Å²) < 4.78 is 45.2. The van der Waals surface area contributed by atoms with Gasteiger partial charge in [-0.1, -0.05) is 42.1 Å². The van der Waals surface area contributed by atoms with Gasteiger partial charge in [0.1, 0.15) is 6.10 Å². The number of halogens is 1. The van der Waals surface area contributed by atoms with E-state index in [0.717, 1.165) is 34.2 Å². The zero-order valence-electron chi connectivity index (χ0n) is 21.5. The lowest BCUT2D eigenvalue weighted by Gasteiger charge is -2.23. The molecule has 5 atom stereocenters. The van der Waals surface area contributed by atoms with Crippen LogP contribution >= 0.6 is 19.5 Å². The normalized spacial score (nSPS) is 23.0. The summed E-state index contributed by atoms with van der Waals surface area (Å²) in [6.07, 6.45) is -2.74. The number of ether oxygens (including phenoxy) is 1. The Morgan fingerprint density at radius 1 is 1.26 bits per heavy atom. The van der Waals surface area contributed by atoms with Crippen LogP contribution in [0.4, 0.5) is 4.39 Å². The molecule has 0 aliphatic carbocycles. The number of hydrogen-bond donors (Lipinski definition) is 4. The van der Waals surface area contributed by atoms with Gasteiger partial charge in [-0.05, 0) is 19.4 Å². The fourth-order valence-electron chi connectivity index (χ4n) is 3.64. The first-order valence-corrected chi connectivity index (χ1v) is 14.7. The summed E-state index contributed by atoms with van der Waals surface area (Å²) in [6, 6.07) is 10.1. The van der Waals surface area contributed by atoms with Crippen molar-refractivity contribution in [1.82, 2.24) is 14.6 Å². The number of aromatic amines is 1. The van der Waals surface area contributed by atoms with Crippen molar-refractivity contribution >= 4 is 24.6 Å². The number of rotatable bonds is 14. The van der Waals surface area contributed by atoms with E-state index in [-0.39, 0.29) is 30.6 Å². The number of aliphatic hydroxyl groups is 2. The molecule has 1 aliphatic heterocycles. The first-order valence-electron chi connectivity index (χ1n) is 12.2. The van der Waals surface area contributed by atoms with Gasteiger partial charge in [-0.2, -0.15) is 0 Å². The fraction of sp³-hybridized carbons (Fsp3) is 0.542. The molecule has 1 aromatic carbocycles. The summed E-state index contributed by atoms with van der Waals surface area (Å²) in [5.74, 6) is -0.990. The van der Waals surface area contributed by atoms with Crippen LogP contribution in [0.25, 0.3) is 0 Å². The molecule has 1 aromatic heterocycles. The highest BCUT2D eigenvalue weighted by molar-refractivity contribution is 8.13. The van der Waals surface area contributed by atoms with Gasteiger partial charge in [-0.3, -0.25) is 32.6 Å². The molecule has 1 aliphatic rings. The third-order valence-electron chi connectivity index (χ3n) is 6.08. The number of hydrogen-bond acceptors (Lipinski definition) is 10. The first-order chi connectivity index (χ1) is 18.5. The third kappa shape index (κ3) is 8.41. The van der Waals surface area contributed by atoms with E-state index in [1.807, 2.05) is 11.1 Å². The maximum atomic E-state index is 13.9. The highest BCUT2D eigenvalue weighted by Gasteiger charge is 2.46. The number of carbonyl (C=O) groups excluding carboxylic acids is 1. The predicted molar refractivity (Wildman–Crippen MR) is 142 cm³/mol. The molecule has 0 saturated carbocycles. The van der Waals surface area contributed by atoms with Gasteiger partial charge in [0, 0.05) is 30.5 Å². The lowest BCUT2D eigenvalue weighted by Crippen LogP contribution is -2.36. The molecule has 4 N–H and O–H groups in total. The Kier molecular flexibility index (Phi) is 11.2. The Bertz CT molecular complexity index is 1260. The molecule has 1 saturated heterocycles. The van der Waals surface area contributed by atoms with Crippen LogP contribution in [0, 0.1) is 11.3 Å². The summed E-state index contributed by atoms with van der Waals surface area (Å²) >= 11 is 0.918. The van der Waals surface area contributed by atoms with Gasteiger partial charge >= 0.3 is 13.4 Å². The lowest BCUT2D eigenvalue weighted by atomic mass is 9.97. The van der Waals surface area contributed by atoms with Gasteiger partial charge in [-0.15, -0.1) is 0 Å². The van der Waals surface area contributed by atoms with Gasteiger partial charge in [0.05, 0.1) is 38.0 Å². The molecule has 15 heteroatoms. The van der Waals surface area contributed by atoms with Gasteiger partial charge < -0.3 is 14.9 Å². The molecule has 0 amide bonds. The highest BCUT2D eigenvalue weighted by atomic mass is 32.2. The molecule has 3 rings (SSSR count). The van der Waals surface area contributed by atoms with Crippen LogP contribution in [-0.4, -0.2) is 69.3 Å². The average molecular weight is 590 g/mol. The van der Waals surface area contributed by atoms with Crippen LogP contribution in [0.3, 0.4) is 0 Å². The predicted octanol–water partition coefficient (Wildman–Crippen LogP) is 1.59. The number of aliphatic hydroxyl groups excluding tert-OH is 2. The van der Waals surface area contributed by atoms with Crippen molar-refractivity contribution in [2.75, 3.05) is 32.2 Å². The molecule has 1 fully saturated rings. The minimum atomic E-state index is -4.03. The van der Waals surface area contributed by atoms with Crippen LogP contribution in [-0.2, 0) is 29.7 Å². The van der Waals surface area contributed by atoms with Crippen molar-refractivity contribution in [3.8, 4) is 0 Å². The van der Waals surface area contributed by atoms with Crippen molar-refractivity contribution in [2.45, 2.75) is 38.8 Å². The highest BCUT2D eigenvalue weighted by Crippen LogP contribution is 2.46. The van der Waals surface area contributed by atoms with Gasteiger partial charge in [0.25, 0.3) is 5.56 Å². The molecule has 12 nitrogen and oxygen atoms in total. The van der Waals surface area contributed by atoms with Gasteiger partial charge in [0.15, 0.2) is 11.3 Å². The van der Waals surface area contributed by atoms with E-state index in [1.54, 1.807) is 38.1 Å². The van der Waals surface area contributed by atoms with Crippen LogP contribution in [0.5, 0.6) is 0 Å². The van der Waals surface area contributed by atoms with Crippen molar-refractivity contribution < 1.29 is 37.7 Å². The number of carbonyl (C=O) groups is 1. The summed E-state index contributed by atoms with van der Waals surface area (Å²) in [7, 11) is -4.03. The summed E-state index contributed by atoms with van der Waals surface area (Å²) in [5.41, 5.74) is -1.65. The maximum absolute atomic E-state index is 13.9. The number of H-pyrrole nitrogens is 1. The number of nitrogens with zero attached hydrogens (tertiary/aromatic N) is 1. The Morgan fingerprint density at radius 2 is 1.97 bits per heavy atom. The minimum Gasteiger partial charge on any atom is -0.395 e. The average Bonchev–Trinajstić information content (AvgIpc) is 3.24. The molecule has 2 aromatic rings. The van der Waals surface area contributed by atoms with Crippen LogP contribution < -0.4 is 16.3 Å². The fourth-order valence-corrected chi connectivity index (χ4v) is 5.88. The molecular formula is C24H33FN3O9PS. The number of thioether (sulfide) groups is 1. The zero-order chi connectivity index (χ0) is 28.6. The van der Waals surface area contributed by atoms with Gasteiger partial charge in [-0.25, -0.2) is 14.4 Å². The first kappa shape index (κ1) is 31.4. The van der Waals surface area contributed by atoms with E-state index in [9.17, 15) is 33.6 Å². The Morgan fingerprint density at radius 3 is 2.62 bits per heavy atom. The minimum absolute atomic E-state index is 0.109. The molecule has 0 bridgehead atoms. The number of aromatic nitrogens is 2. The second-order valence-electron chi connectivity index (χ2n) is 9.52. The third-order valence-corrected chi connectivity index (χ3v) is 8.82. The SMILES string of the molecule is CC(C)(CO)C(=O)SCCOP(=O)(NCc1ccccc1)OC[C@H]1O[C@@H](n2ccc(=O)[nH]c2=O)[C@H](O)[C@@H]1CF. The monoisotopic (exact) mass is 589 g/mol. The lowest BCUT2D eigenvalue weighted by molar-refractivity contribution is -0.119. The Labute approximate surface area is 228 Å². The quantitative estimate of drug-likeness (QED) is 0.186. The summed E-state index contributed by atoms with van der Waals surface area (Å²) in [4.78, 5) is 37.8. The maximum Gasteiger partial charge on any atom is 0.405 e. The van der Waals surface area contributed by atoms with Crippen LogP contribution in [0.1, 0.15) is 25.6 Å². The van der Waals surface area contributed by atoms with E-state index in [4.69, 9.17) is 13.8 Å². The van der Waals surface area contributed by atoms with Crippen LogP contribution in [0.15, 0.2) is 52.2 Å². The number of benzene rings is 1. The molecule has 2 heterocycles. The number of nitrogens with one attached hydrogen (secondary N) is 2. The zero-order valence-corrected chi connectivity index (χ0v) is 23.2. The van der Waals surface area contributed by atoms with Crippen LogP contribution in [0.2, 0.25) is 0 Å². The van der Waals surface area contributed by atoms with Crippen molar-refractivity contribution in [3.05, 3.63) is 69.0 Å². The van der Waals surface area contributed by atoms with E-state index in [2.05, 4.69) is 5.09 Å². The summed E-state index contributed by atoms with van der Waals surface area (Å²) in [5, 5.41) is 22.4. The number of alkyl halides is 1. The standard InChI is InChI=1S/C24H33FN3O9PS/c1-24(2,15-29)22(32)39-11-10-35-38(34,26-13-16-6-4-3-5-7-16)36-14-18-17(12-25)20(31)21(37-18)28-9-8-19(30)27-23(28)33/h3-9,17-18,20-21,29,31H,10-15H2,1-2H3,(H,26,34)(H,27,30,33)/t17-,18-,20-,21-,38?/m1/s1.